The van der Waals surface area contributed by atoms with Crippen LogP contribution in [0.2, 0.25) is 5.02 Å². The van der Waals surface area contributed by atoms with E-state index in [9.17, 15) is 4.79 Å². The van der Waals surface area contributed by atoms with E-state index in [1.54, 1.807) is 7.11 Å². The average molecular weight is 346 g/mol. The summed E-state index contributed by atoms with van der Waals surface area (Å²) in [5.41, 5.74) is 2.08. The van der Waals surface area contributed by atoms with Crippen molar-refractivity contribution in [2.24, 2.45) is 5.92 Å². The molecule has 0 unspecified atom stereocenters. The third kappa shape index (κ3) is 3.89. The van der Waals surface area contributed by atoms with Crippen LogP contribution < -0.4 is 9.47 Å². The predicted molar refractivity (Wildman–Crippen MR) is 93.6 cm³/mol. The first-order valence-corrected chi connectivity index (χ1v) is 8.28. The zero-order valence-corrected chi connectivity index (χ0v) is 14.3. The van der Waals surface area contributed by atoms with Crippen LogP contribution >= 0.6 is 11.6 Å². The van der Waals surface area contributed by atoms with Crippen molar-refractivity contribution in [3.8, 4) is 11.5 Å². The largest absolute Gasteiger partial charge is 0.493 e. The highest BCUT2D eigenvalue weighted by Gasteiger charge is 2.25. The number of ether oxygens (including phenoxy) is 2. The van der Waals surface area contributed by atoms with Gasteiger partial charge < -0.3 is 14.3 Å². The molecule has 0 saturated carbocycles. The summed E-state index contributed by atoms with van der Waals surface area (Å²) in [6.07, 6.45) is 1.03. The van der Waals surface area contributed by atoms with Crippen LogP contribution in [0.4, 0.5) is 0 Å². The number of carbonyl (C=O) groups is 1. The van der Waals surface area contributed by atoms with Crippen LogP contribution in [0.3, 0.4) is 0 Å². The number of halogens is 1. The molecule has 1 aliphatic rings. The van der Waals surface area contributed by atoms with Crippen LogP contribution in [0.5, 0.6) is 11.5 Å². The van der Waals surface area contributed by atoms with Gasteiger partial charge in [0.25, 0.3) is 0 Å². The molecule has 24 heavy (non-hydrogen) atoms. The molecule has 1 saturated heterocycles. The van der Waals surface area contributed by atoms with Gasteiger partial charge in [-0.2, -0.15) is 0 Å². The fraction of sp³-hybridized carbons (Fsp3) is 0.316. The van der Waals surface area contributed by atoms with Crippen LogP contribution in [0.25, 0.3) is 0 Å². The highest BCUT2D eigenvalue weighted by Crippen LogP contribution is 2.30. The van der Waals surface area contributed by atoms with Crippen molar-refractivity contribution < 1.29 is 14.3 Å². The van der Waals surface area contributed by atoms with Crippen molar-refractivity contribution in [2.45, 2.75) is 13.2 Å². The van der Waals surface area contributed by atoms with Crippen LogP contribution in [0, 0.1) is 5.92 Å². The second-order valence-electron chi connectivity index (χ2n) is 5.96. The van der Waals surface area contributed by atoms with E-state index in [1.165, 1.54) is 0 Å². The molecule has 1 aliphatic heterocycles. The Hall–Kier alpha value is -2.04. The molecule has 2 aromatic carbocycles. The first-order valence-electron chi connectivity index (χ1n) is 7.90. The Balaban J connectivity index is 1.64. The first kappa shape index (κ1) is 16.8. The topological polar surface area (TPSA) is 38.8 Å². The van der Waals surface area contributed by atoms with Gasteiger partial charge in [0.15, 0.2) is 11.5 Å². The molecule has 0 bridgehead atoms. The molecule has 126 valence electrons. The summed E-state index contributed by atoms with van der Waals surface area (Å²) < 4.78 is 11.3. The van der Waals surface area contributed by atoms with Crippen LogP contribution in [-0.4, -0.2) is 31.4 Å². The van der Waals surface area contributed by atoms with Crippen molar-refractivity contribution in [1.82, 2.24) is 4.90 Å². The molecule has 1 heterocycles. The molecular formula is C19H20ClNO3. The lowest BCUT2D eigenvalue weighted by atomic mass is 10.0. The monoisotopic (exact) mass is 345 g/mol. The molecule has 0 radical (unpaired) electrons. The number of hydrogen-bond acceptors (Lipinski definition) is 4. The van der Waals surface area contributed by atoms with Gasteiger partial charge in [0.2, 0.25) is 0 Å². The van der Waals surface area contributed by atoms with Gasteiger partial charge in [-0.1, -0.05) is 35.9 Å². The summed E-state index contributed by atoms with van der Waals surface area (Å²) in [7, 11) is 1.63. The standard InChI is InChI=1S/C19H20ClNO3/c1-23-19-8-14(9-21-10-15(11-21)12-22)6-7-18(19)24-13-16-4-2-3-5-17(16)20/h2-8,12,15H,9-11,13H2,1H3. The van der Waals surface area contributed by atoms with Gasteiger partial charge in [0.05, 0.1) is 7.11 Å². The Morgan fingerprint density at radius 3 is 2.71 bits per heavy atom. The second-order valence-corrected chi connectivity index (χ2v) is 6.36. The van der Waals surface area contributed by atoms with Crippen LogP contribution in [0.15, 0.2) is 42.5 Å². The normalized spacial score (nSPS) is 14.9. The number of aldehydes is 1. The minimum absolute atomic E-state index is 0.185. The van der Waals surface area contributed by atoms with Gasteiger partial charge in [0, 0.05) is 36.1 Å². The minimum Gasteiger partial charge on any atom is -0.493 e. The smallest absolute Gasteiger partial charge is 0.161 e. The predicted octanol–water partition coefficient (Wildman–Crippen LogP) is 3.56. The average Bonchev–Trinajstić information content (AvgIpc) is 2.57. The molecular weight excluding hydrogens is 326 g/mol. The summed E-state index contributed by atoms with van der Waals surface area (Å²) in [6.45, 7) is 2.86. The molecule has 0 amide bonds. The lowest BCUT2D eigenvalue weighted by molar-refractivity contribution is -0.115. The third-order valence-corrected chi connectivity index (χ3v) is 4.52. The van der Waals surface area contributed by atoms with E-state index >= 15 is 0 Å². The summed E-state index contributed by atoms with van der Waals surface area (Å²) >= 11 is 6.15. The minimum atomic E-state index is 0.185. The fourth-order valence-electron chi connectivity index (χ4n) is 2.78. The lowest BCUT2D eigenvalue weighted by Crippen LogP contribution is -2.46. The highest BCUT2D eigenvalue weighted by molar-refractivity contribution is 6.31. The molecule has 4 nitrogen and oxygen atoms in total. The molecule has 5 heteroatoms. The molecule has 1 fully saturated rings. The third-order valence-electron chi connectivity index (χ3n) is 4.15. The number of likely N-dealkylation sites (tertiary alicyclic amines) is 1. The zero-order valence-electron chi connectivity index (χ0n) is 13.6. The lowest BCUT2D eigenvalue weighted by Gasteiger charge is -2.36. The maximum atomic E-state index is 10.7. The van der Waals surface area contributed by atoms with Gasteiger partial charge in [-0.25, -0.2) is 0 Å². The Kier molecular flexibility index (Phi) is 5.38. The summed E-state index contributed by atoms with van der Waals surface area (Å²) in [6, 6.07) is 13.5. The van der Waals surface area contributed by atoms with Crippen molar-refractivity contribution >= 4 is 17.9 Å². The zero-order chi connectivity index (χ0) is 16.9. The van der Waals surface area contributed by atoms with E-state index in [4.69, 9.17) is 21.1 Å². The quantitative estimate of drug-likeness (QED) is 0.719. The van der Waals surface area contributed by atoms with E-state index in [2.05, 4.69) is 4.90 Å². The van der Waals surface area contributed by atoms with Gasteiger partial charge in [-0.05, 0) is 23.8 Å². The van der Waals surface area contributed by atoms with Gasteiger partial charge in [-0.15, -0.1) is 0 Å². The fourth-order valence-corrected chi connectivity index (χ4v) is 2.97. The van der Waals surface area contributed by atoms with E-state index in [0.717, 1.165) is 37.0 Å². The molecule has 0 atom stereocenters. The number of rotatable bonds is 7. The second kappa shape index (κ2) is 7.69. The number of carbonyl (C=O) groups excluding carboxylic acids is 1. The SMILES string of the molecule is COc1cc(CN2CC(C=O)C2)ccc1OCc1ccccc1Cl. The molecule has 2 aromatic rings. The number of nitrogens with zero attached hydrogens (tertiary/aromatic N) is 1. The number of hydrogen-bond donors (Lipinski definition) is 0. The number of benzene rings is 2. The van der Waals surface area contributed by atoms with Crippen LogP contribution in [-0.2, 0) is 17.9 Å². The first-order chi connectivity index (χ1) is 11.7. The van der Waals surface area contributed by atoms with Gasteiger partial charge in [0.1, 0.15) is 12.9 Å². The van der Waals surface area contributed by atoms with E-state index in [0.29, 0.717) is 23.1 Å². The molecule has 0 aliphatic carbocycles. The maximum absolute atomic E-state index is 10.7. The molecule has 0 aromatic heterocycles. The maximum Gasteiger partial charge on any atom is 0.161 e. The number of methoxy groups -OCH3 is 1. The van der Waals surface area contributed by atoms with Crippen molar-refractivity contribution in [3.63, 3.8) is 0 Å². The van der Waals surface area contributed by atoms with E-state index in [1.807, 2.05) is 42.5 Å². The highest BCUT2D eigenvalue weighted by atomic mass is 35.5. The van der Waals surface area contributed by atoms with E-state index in [-0.39, 0.29) is 5.92 Å². The Morgan fingerprint density at radius 2 is 2.00 bits per heavy atom. The Morgan fingerprint density at radius 1 is 1.21 bits per heavy atom. The Bertz CT molecular complexity index is 714. The van der Waals surface area contributed by atoms with Crippen molar-refractivity contribution in [1.29, 1.82) is 0 Å². The van der Waals surface area contributed by atoms with Crippen LogP contribution in [0.1, 0.15) is 11.1 Å². The van der Waals surface area contributed by atoms with Crippen molar-refractivity contribution in [3.05, 3.63) is 58.6 Å². The molecule has 0 spiro atoms. The van der Waals surface area contributed by atoms with Gasteiger partial charge in [-0.3, -0.25) is 4.90 Å². The van der Waals surface area contributed by atoms with E-state index < -0.39 is 0 Å². The van der Waals surface area contributed by atoms with Crippen molar-refractivity contribution in [2.75, 3.05) is 20.2 Å². The Labute approximate surface area is 146 Å². The summed E-state index contributed by atoms with van der Waals surface area (Å²) in [5, 5.41) is 0.690. The summed E-state index contributed by atoms with van der Waals surface area (Å²) in [4.78, 5) is 12.9. The summed E-state index contributed by atoms with van der Waals surface area (Å²) in [5.74, 6) is 1.58. The van der Waals surface area contributed by atoms with Gasteiger partial charge >= 0.3 is 0 Å². The molecule has 3 rings (SSSR count). The molecule has 0 N–H and O–H groups in total.